The van der Waals surface area contributed by atoms with Gasteiger partial charge in [0, 0.05) is 37.4 Å². The monoisotopic (exact) mass is 438 g/mol. The third-order valence-corrected chi connectivity index (χ3v) is 5.37. The minimum atomic E-state index is -0.0533. The van der Waals surface area contributed by atoms with Gasteiger partial charge in [-0.15, -0.1) is 0 Å². The third kappa shape index (κ3) is 4.69. The highest BCUT2D eigenvalue weighted by molar-refractivity contribution is 6.31. The van der Waals surface area contributed by atoms with E-state index in [0.717, 1.165) is 30.3 Å². The molecule has 1 aliphatic rings. The minimum absolute atomic E-state index is 0.0533. The Hall–Kier alpha value is -3.39. The second-order valence-corrected chi connectivity index (χ2v) is 7.78. The van der Waals surface area contributed by atoms with E-state index >= 15 is 0 Å². The molecule has 1 saturated heterocycles. The predicted molar refractivity (Wildman–Crippen MR) is 124 cm³/mol. The zero-order valence-corrected chi connectivity index (χ0v) is 17.9. The third-order valence-electron chi connectivity index (χ3n) is 5.13. The minimum Gasteiger partial charge on any atom is -0.423 e. The Morgan fingerprint density at radius 1 is 1.23 bits per heavy atom. The number of nitrogens with one attached hydrogen (secondary N) is 2. The average Bonchev–Trinajstić information content (AvgIpc) is 3.02. The van der Waals surface area contributed by atoms with Crippen LogP contribution in [-0.2, 0) is 0 Å². The molecule has 9 heteroatoms. The first-order chi connectivity index (χ1) is 15.0. The van der Waals surface area contributed by atoms with Crippen molar-refractivity contribution in [2.75, 3.05) is 36.5 Å². The molecule has 1 aliphatic heterocycles. The van der Waals surface area contributed by atoms with E-state index in [2.05, 4.69) is 20.4 Å². The lowest BCUT2D eigenvalue weighted by molar-refractivity contribution is 0.0767. The number of aromatic nitrogens is 1. The van der Waals surface area contributed by atoms with E-state index in [4.69, 9.17) is 21.4 Å². The molecular weight excluding hydrogens is 416 g/mol. The molecule has 1 fully saturated rings. The van der Waals surface area contributed by atoms with Gasteiger partial charge in [-0.2, -0.15) is 10.1 Å². The van der Waals surface area contributed by atoms with Crippen LogP contribution in [-0.4, -0.2) is 54.4 Å². The molecule has 0 radical (unpaired) electrons. The van der Waals surface area contributed by atoms with Gasteiger partial charge in [-0.05, 0) is 43.7 Å². The standard InChI is InChI=1S/C22H23ClN6O2/c1-15-3-5-18(27-25-8-7-24)17(13-15)21(30)28-9-2-10-29(12-11-28)22-26-19-14-16(23)4-6-20(19)31-22/h3-8,13-14,24,27H,2,9-12H2,1H3/b24-7?,25-8-. The molecule has 0 aliphatic carbocycles. The van der Waals surface area contributed by atoms with E-state index in [1.807, 2.05) is 36.1 Å². The molecule has 1 aromatic heterocycles. The summed E-state index contributed by atoms with van der Waals surface area (Å²) in [6.07, 6.45) is 3.20. The molecule has 0 bridgehead atoms. The smallest absolute Gasteiger partial charge is 0.298 e. The van der Waals surface area contributed by atoms with Crippen LogP contribution in [0.3, 0.4) is 0 Å². The number of amides is 1. The number of anilines is 2. The Bertz CT molecular complexity index is 1140. The van der Waals surface area contributed by atoms with Crippen LogP contribution in [0.2, 0.25) is 5.02 Å². The highest BCUT2D eigenvalue weighted by atomic mass is 35.5. The van der Waals surface area contributed by atoms with Gasteiger partial charge in [0.25, 0.3) is 11.9 Å². The number of aryl methyl sites for hydroxylation is 1. The Morgan fingerprint density at radius 2 is 2.10 bits per heavy atom. The van der Waals surface area contributed by atoms with E-state index in [0.29, 0.717) is 47.5 Å². The number of nitrogens with zero attached hydrogens (tertiary/aromatic N) is 4. The molecule has 2 heterocycles. The van der Waals surface area contributed by atoms with Crippen LogP contribution in [0.1, 0.15) is 22.3 Å². The number of carbonyl (C=O) groups excluding carboxylic acids is 1. The molecule has 0 saturated carbocycles. The predicted octanol–water partition coefficient (Wildman–Crippen LogP) is 4.19. The Morgan fingerprint density at radius 3 is 2.94 bits per heavy atom. The van der Waals surface area contributed by atoms with Crippen molar-refractivity contribution in [3.63, 3.8) is 0 Å². The van der Waals surface area contributed by atoms with Gasteiger partial charge in [-0.3, -0.25) is 10.2 Å². The van der Waals surface area contributed by atoms with Gasteiger partial charge in [0.1, 0.15) is 5.52 Å². The lowest BCUT2D eigenvalue weighted by Gasteiger charge is -2.22. The number of rotatable bonds is 5. The number of fused-ring (bicyclic) bond motifs is 1. The SMILES string of the molecule is Cc1ccc(N/N=C\C=N)c(C(=O)N2CCCN(c3nc4cc(Cl)ccc4o3)CC2)c1. The second kappa shape index (κ2) is 9.18. The van der Waals surface area contributed by atoms with Crippen molar-refractivity contribution in [1.82, 2.24) is 9.88 Å². The molecule has 8 nitrogen and oxygen atoms in total. The van der Waals surface area contributed by atoms with Crippen molar-refractivity contribution in [1.29, 1.82) is 5.41 Å². The van der Waals surface area contributed by atoms with Crippen LogP contribution in [0.5, 0.6) is 0 Å². The maximum Gasteiger partial charge on any atom is 0.298 e. The lowest BCUT2D eigenvalue weighted by Crippen LogP contribution is -2.35. The number of benzene rings is 2. The number of halogens is 1. The highest BCUT2D eigenvalue weighted by Crippen LogP contribution is 2.26. The molecule has 2 N–H and O–H groups in total. The number of hydrazone groups is 1. The number of hydrogen-bond donors (Lipinski definition) is 2. The Balaban J connectivity index is 1.50. The molecule has 160 valence electrons. The van der Waals surface area contributed by atoms with Crippen molar-refractivity contribution in [2.24, 2.45) is 5.10 Å². The van der Waals surface area contributed by atoms with Crippen LogP contribution >= 0.6 is 11.6 Å². The fraction of sp³-hybridized carbons (Fsp3) is 0.273. The summed E-state index contributed by atoms with van der Waals surface area (Å²) in [5.41, 5.74) is 6.44. The van der Waals surface area contributed by atoms with Gasteiger partial charge in [0.2, 0.25) is 0 Å². The van der Waals surface area contributed by atoms with Crippen molar-refractivity contribution in [3.05, 3.63) is 52.5 Å². The van der Waals surface area contributed by atoms with Crippen LogP contribution in [0.25, 0.3) is 11.1 Å². The molecule has 2 aromatic carbocycles. The number of oxazole rings is 1. The van der Waals surface area contributed by atoms with Crippen molar-refractivity contribution < 1.29 is 9.21 Å². The summed E-state index contributed by atoms with van der Waals surface area (Å²) in [6.45, 7) is 4.50. The first kappa shape index (κ1) is 20.9. The molecule has 4 rings (SSSR count). The van der Waals surface area contributed by atoms with Gasteiger partial charge in [0.05, 0.1) is 17.5 Å². The fourth-order valence-corrected chi connectivity index (χ4v) is 3.75. The Labute approximate surface area is 185 Å². The van der Waals surface area contributed by atoms with E-state index < -0.39 is 0 Å². The average molecular weight is 439 g/mol. The highest BCUT2D eigenvalue weighted by Gasteiger charge is 2.24. The summed E-state index contributed by atoms with van der Waals surface area (Å²) in [5.74, 6) is -0.0533. The van der Waals surface area contributed by atoms with Crippen LogP contribution < -0.4 is 10.3 Å². The quantitative estimate of drug-likeness (QED) is 0.459. The molecule has 1 amide bonds. The summed E-state index contributed by atoms with van der Waals surface area (Å²) in [5, 5.41) is 11.6. The van der Waals surface area contributed by atoms with E-state index in [1.165, 1.54) is 6.21 Å². The molecule has 0 unspecified atom stereocenters. The maximum atomic E-state index is 13.3. The number of hydrogen-bond acceptors (Lipinski definition) is 7. The summed E-state index contributed by atoms with van der Waals surface area (Å²) in [4.78, 5) is 21.8. The van der Waals surface area contributed by atoms with Gasteiger partial charge in [-0.1, -0.05) is 23.2 Å². The number of carbonyl (C=O) groups is 1. The molecule has 31 heavy (non-hydrogen) atoms. The fourth-order valence-electron chi connectivity index (χ4n) is 3.58. The van der Waals surface area contributed by atoms with E-state index in [-0.39, 0.29) is 5.91 Å². The van der Waals surface area contributed by atoms with Crippen molar-refractivity contribution >= 4 is 52.7 Å². The van der Waals surface area contributed by atoms with Crippen LogP contribution in [0.4, 0.5) is 11.7 Å². The normalized spacial score (nSPS) is 14.8. The largest absolute Gasteiger partial charge is 0.423 e. The van der Waals surface area contributed by atoms with Gasteiger partial charge in [0.15, 0.2) is 5.58 Å². The summed E-state index contributed by atoms with van der Waals surface area (Å²) < 4.78 is 5.90. The van der Waals surface area contributed by atoms with E-state index in [9.17, 15) is 4.79 Å². The van der Waals surface area contributed by atoms with Gasteiger partial charge in [-0.25, -0.2) is 0 Å². The topological polar surface area (TPSA) is 97.8 Å². The van der Waals surface area contributed by atoms with Crippen molar-refractivity contribution in [3.8, 4) is 0 Å². The molecule has 0 atom stereocenters. The molecular formula is C22H23ClN6O2. The maximum absolute atomic E-state index is 13.3. The zero-order chi connectivity index (χ0) is 21.8. The lowest BCUT2D eigenvalue weighted by atomic mass is 10.1. The first-order valence-electron chi connectivity index (χ1n) is 10.0. The summed E-state index contributed by atoms with van der Waals surface area (Å²) >= 11 is 6.05. The van der Waals surface area contributed by atoms with Crippen molar-refractivity contribution in [2.45, 2.75) is 13.3 Å². The van der Waals surface area contributed by atoms with Crippen LogP contribution in [0.15, 0.2) is 45.9 Å². The van der Waals surface area contributed by atoms with E-state index in [1.54, 1.807) is 12.1 Å². The molecule has 0 spiro atoms. The molecule has 3 aromatic rings. The van der Waals surface area contributed by atoms with Gasteiger partial charge >= 0.3 is 0 Å². The van der Waals surface area contributed by atoms with Gasteiger partial charge < -0.3 is 19.6 Å². The summed E-state index contributed by atoms with van der Waals surface area (Å²) in [6, 6.07) is 11.5. The Kier molecular flexibility index (Phi) is 6.18. The van der Waals surface area contributed by atoms with Crippen LogP contribution in [0, 0.1) is 12.3 Å². The zero-order valence-electron chi connectivity index (χ0n) is 17.1. The second-order valence-electron chi connectivity index (χ2n) is 7.35. The first-order valence-corrected chi connectivity index (χ1v) is 10.4. The summed E-state index contributed by atoms with van der Waals surface area (Å²) in [7, 11) is 0.